The first-order valence-electron chi connectivity index (χ1n) is 6.37. The van der Waals surface area contributed by atoms with Crippen LogP contribution in [0.3, 0.4) is 0 Å². The largest absolute Gasteiger partial charge is 0.271 e. The van der Waals surface area contributed by atoms with E-state index >= 15 is 0 Å². The molecule has 0 saturated heterocycles. The molecule has 20 heavy (non-hydrogen) atoms. The topological polar surface area (TPSA) is 41.5 Å². The summed E-state index contributed by atoms with van der Waals surface area (Å²) in [6, 6.07) is 17.2. The minimum absolute atomic E-state index is 0.214. The van der Waals surface area contributed by atoms with Crippen LogP contribution in [0.4, 0.5) is 0 Å². The molecule has 2 rings (SSSR count). The first-order valence-corrected chi connectivity index (χ1v) is 6.37. The highest BCUT2D eigenvalue weighted by atomic mass is 16.2. The Kier molecular flexibility index (Phi) is 4.84. The molecule has 0 fully saturated rings. The Labute approximate surface area is 118 Å². The molecule has 2 aromatic carbocycles. The maximum atomic E-state index is 11.7. The van der Waals surface area contributed by atoms with Gasteiger partial charge in [-0.3, -0.25) is 4.79 Å². The molecule has 3 nitrogen and oxygen atoms in total. The van der Waals surface area contributed by atoms with Crippen LogP contribution in [-0.2, 0) is 0 Å². The minimum Gasteiger partial charge on any atom is -0.267 e. The Hall–Kier alpha value is -2.68. The van der Waals surface area contributed by atoms with E-state index in [-0.39, 0.29) is 5.91 Å². The highest BCUT2D eigenvalue weighted by Gasteiger charge is 2.01. The van der Waals surface area contributed by atoms with E-state index in [1.807, 2.05) is 55.5 Å². The van der Waals surface area contributed by atoms with Crippen LogP contribution in [0, 0.1) is 6.92 Å². The van der Waals surface area contributed by atoms with Crippen molar-refractivity contribution in [2.75, 3.05) is 0 Å². The molecule has 2 aromatic rings. The molecule has 0 radical (unpaired) electrons. The van der Waals surface area contributed by atoms with Crippen LogP contribution < -0.4 is 5.43 Å². The van der Waals surface area contributed by atoms with E-state index in [1.54, 1.807) is 24.4 Å². The monoisotopic (exact) mass is 264 g/mol. The van der Waals surface area contributed by atoms with Gasteiger partial charge >= 0.3 is 0 Å². The Morgan fingerprint density at radius 3 is 2.45 bits per heavy atom. The fourth-order valence-corrected chi connectivity index (χ4v) is 1.63. The maximum Gasteiger partial charge on any atom is 0.271 e. The molecule has 100 valence electrons. The average molecular weight is 264 g/mol. The zero-order valence-electron chi connectivity index (χ0n) is 11.3. The van der Waals surface area contributed by atoms with Crippen LogP contribution in [0.1, 0.15) is 21.5 Å². The molecule has 0 aliphatic carbocycles. The van der Waals surface area contributed by atoms with Gasteiger partial charge in [0.2, 0.25) is 0 Å². The van der Waals surface area contributed by atoms with Gasteiger partial charge in [0.15, 0.2) is 0 Å². The highest BCUT2D eigenvalue weighted by Crippen LogP contribution is 2.02. The summed E-state index contributed by atoms with van der Waals surface area (Å²) in [6.45, 7) is 1.98. The average Bonchev–Trinajstić information content (AvgIpc) is 2.48. The number of nitrogens with one attached hydrogen (secondary N) is 1. The van der Waals surface area contributed by atoms with Gasteiger partial charge in [-0.1, -0.05) is 54.1 Å². The van der Waals surface area contributed by atoms with E-state index in [1.165, 1.54) is 0 Å². The predicted molar refractivity (Wildman–Crippen MR) is 82.6 cm³/mol. The number of hydrogen-bond donors (Lipinski definition) is 1. The Balaban J connectivity index is 1.86. The van der Waals surface area contributed by atoms with E-state index in [9.17, 15) is 4.79 Å². The van der Waals surface area contributed by atoms with Crippen LogP contribution in [0.5, 0.6) is 0 Å². The van der Waals surface area contributed by atoms with Gasteiger partial charge in [-0.2, -0.15) is 5.10 Å². The molecule has 0 bridgehead atoms. The Morgan fingerprint density at radius 2 is 1.75 bits per heavy atom. The summed E-state index contributed by atoms with van der Waals surface area (Å²) in [5.74, 6) is -0.214. The number of nitrogens with zero attached hydrogens (tertiary/aromatic N) is 1. The first-order chi connectivity index (χ1) is 9.75. The van der Waals surface area contributed by atoms with Crippen molar-refractivity contribution in [2.24, 2.45) is 5.10 Å². The minimum atomic E-state index is -0.214. The predicted octanol–water partition coefficient (Wildman–Crippen LogP) is 3.42. The summed E-state index contributed by atoms with van der Waals surface area (Å²) in [5, 5.41) is 3.87. The van der Waals surface area contributed by atoms with Crippen molar-refractivity contribution in [2.45, 2.75) is 6.92 Å². The first kappa shape index (κ1) is 13.7. The summed E-state index contributed by atoms with van der Waals surface area (Å²) in [7, 11) is 0. The SMILES string of the molecule is Cc1ccc(C(=O)N/N=C\C=C\c2ccccc2)cc1. The second kappa shape index (κ2) is 7.04. The van der Waals surface area contributed by atoms with Crippen molar-refractivity contribution in [3.05, 3.63) is 77.4 Å². The Bertz CT molecular complexity index is 613. The summed E-state index contributed by atoms with van der Waals surface area (Å²) in [5.41, 5.74) is 5.29. The second-order valence-electron chi connectivity index (χ2n) is 4.35. The van der Waals surface area contributed by atoms with Crippen LogP contribution in [0.15, 0.2) is 65.8 Å². The number of allylic oxidation sites excluding steroid dienone is 1. The lowest BCUT2D eigenvalue weighted by atomic mass is 10.1. The summed E-state index contributed by atoms with van der Waals surface area (Å²) < 4.78 is 0. The van der Waals surface area contributed by atoms with E-state index in [4.69, 9.17) is 0 Å². The molecule has 0 unspecified atom stereocenters. The van der Waals surface area contributed by atoms with Crippen molar-refractivity contribution in [3.63, 3.8) is 0 Å². The summed E-state index contributed by atoms with van der Waals surface area (Å²) in [6.07, 6.45) is 5.26. The lowest BCUT2D eigenvalue weighted by Crippen LogP contribution is -2.17. The lowest BCUT2D eigenvalue weighted by molar-refractivity contribution is 0.0955. The zero-order chi connectivity index (χ0) is 14.2. The van der Waals surface area contributed by atoms with Crippen LogP contribution in [0.25, 0.3) is 6.08 Å². The van der Waals surface area contributed by atoms with Gasteiger partial charge in [-0.25, -0.2) is 5.43 Å². The van der Waals surface area contributed by atoms with E-state index < -0.39 is 0 Å². The number of carbonyl (C=O) groups is 1. The quantitative estimate of drug-likeness (QED) is 0.667. The van der Waals surface area contributed by atoms with Crippen molar-refractivity contribution < 1.29 is 4.79 Å². The van der Waals surface area contributed by atoms with Crippen molar-refractivity contribution in [1.29, 1.82) is 0 Å². The molecular weight excluding hydrogens is 248 g/mol. The van der Waals surface area contributed by atoms with Crippen LogP contribution in [-0.4, -0.2) is 12.1 Å². The number of carbonyl (C=O) groups excluding carboxylic acids is 1. The number of hydrogen-bond acceptors (Lipinski definition) is 2. The van der Waals surface area contributed by atoms with Crippen molar-refractivity contribution in [1.82, 2.24) is 5.43 Å². The summed E-state index contributed by atoms with van der Waals surface area (Å²) in [4.78, 5) is 11.7. The van der Waals surface area contributed by atoms with Gasteiger partial charge in [0, 0.05) is 11.8 Å². The van der Waals surface area contributed by atoms with Gasteiger partial charge in [0.05, 0.1) is 0 Å². The molecule has 0 spiro atoms. The lowest BCUT2D eigenvalue weighted by Gasteiger charge is -1.99. The highest BCUT2D eigenvalue weighted by molar-refractivity contribution is 5.94. The van der Waals surface area contributed by atoms with Gasteiger partial charge in [-0.15, -0.1) is 0 Å². The van der Waals surface area contributed by atoms with Gasteiger partial charge in [0.25, 0.3) is 5.91 Å². The molecule has 0 aromatic heterocycles. The number of hydrazone groups is 1. The van der Waals surface area contributed by atoms with Gasteiger partial charge in [0.1, 0.15) is 0 Å². The summed E-state index contributed by atoms with van der Waals surface area (Å²) >= 11 is 0. The van der Waals surface area contributed by atoms with Crippen molar-refractivity contribution >= 4 is 18.2 Å². The van der Waals surface area contributed by atoms with Crippen molar-refractivity contribution in [3.8, 4) is 0 Å². The molecule has 1 amide bonds. The molecule has 0 aliphatic rings. The molecule has 0 aliphatic heterocycles. The second-order valence-corrected chi connectivity index (χ2v) is 4.35. The third-order valence-electron chi connectivity index (χ3n) is 2.73. The van der Waals surface area contributed by atoms with E-state index in [2.05, 4.69) is 10.5 Å². The van der Waals surface area contributed by atoms with Crippen LogP contribution >= 0.6 is 0 Å². The number of aryl methyl sites for hydroxylation is 1. The third-order valence-corrected chi connectivity index (χ3v) is 2.73. The molecule has 3 heteroatoms. The van der Waals surface area contributed by atoms with Crippen LogP contribution in [0.2, 0.25) is 0 Å². The maximum absolute atomic E-state index is 11.7. The normalized spacial score (nSPS) is 11.1. The Morgan fingerprint density at radius 1 is 1.05 bits per heavy atom. The molecule has 0 heterocycles. The van der Waals surface area contributed by atoms with Gasteiger partial charge < -0.3 is 0 Å². The number of rotatable bonds is 4. The zero-order valence-corrected chi connectivity index (χ0v) is 11.3. The number of benzene rings is 2. The fraction of sp³-hybridized carbons (Fsp3) is 0.0588. The smallest absolute Gasteiger partial charge is 0.267 e. The molecular formula is C17H16N2O. The van der Waals surface area contributed by atoms with Gasteiger partial charge in [-0.05, 0) is 30.7 Å². The standard InChI is InChI=1S/C17H16N2O/c1-14-9-11-16(12-10-14)17(20)19-18-13-5-8-15-6-3-2-4-7-15/h2-13H,1H3,(H,19,20)/b8-5+,18-13-. The molecule has 0 atom stereocenters. The van der Waals surface area contributed by atoms with E-state index in [0.29, 0.717) is 5.56 Å². The molecule has 1 N–H and O–H groups in total. The third kappa shape index (κ3) is 4.21. The molecule has 0 saturated carbocycles. The van der Waals surface area contributed by atoms with E-state index in [0.717, 1.165) is 11.1 Å². The number of amides is 1. The fourth-order valence-electron chi connectivity index (χ4n) is 1.63.